The van der Waals surface area contributed by atoms with Gasteiger partial charge in [0, 0.05) is 24.8 Å². The van der Waals surface area contributed by atoms with Crippen molar-refractivity contribution in [3.8, 4) is 5.88 Å². The third kappa shape index (κ3) is 3.80. The van der Waals surface area contributed by atoms with E-state index in [2.05, 4.69) is 34.0 Å². The molecule has 1 fully saturated rings. The zero-order chi connectivity index (χ0) is 13.7. The van der Waals surface area contributed by atoms with Crippen LogP contribution < -0.4 is 15.0 Å². The highest BCUT2D eigenvalue weighted by atomic mass is 16.5. The highest BCUT2D eigenvalue weighted by molar-refractivity contribution is 5.33. The quantitative estimate of drug-likeness (QED) is 0.877. The average molecular weight is 264 g/mol. The van der Waals surface area contributed by atoms with E-state index >= 15 is 0 Å². The van der Waals surface area contributed by atoms with Crippen molar-refractivity contribution in [1.82, 2.24) is 15.3 Å². The number of rotatable bonds is 5. The Balaban J connectivity index is 2.09. The van der Waals surface area contributed by atoms with Crippen LogP contribution in [0, 0.1) is 5.92 Å². The highest BCUT2D eigenvalue weighted by Gasteiger charge is 2.21. The Morgan fingerprint density at radius 1 is 1.42 bits per heavy atom. The van der Waals surface area contributed by atoms with Gasteiger partial charge in [0.15, 0.2) is 0 Å². The maximum atomic E-state index is 5.19. The van der Waals surface area contributed by atoms with Crippen LogP contribution in [0.15, 0.2) is 12.3 Å². The van der Waals surface area contributed by atoms with E-state index in [1.165, 1.54) is 12.8 Å². The van der Waals surface area contributed by atoms with Crippen molar-refractivity contribution in [3.63, 3.8) is 0 Å². The van der Waals surface area contributed by atoms with E-state index in [1.807, 2.05) is 0 Å². The molecule has 106 valence electrons. The molecule has 0 unspecified atom stereocenters. The normalized spacial score (nSPS) is 16.6. The van der Waals surface area contributed by atoms with Crippen LogP contribution in [0.5, 0.6) is 5.88 Å². The monoisotopic (exact) mass is 264 g/mol. The Morgan fingerprint density at radius 3 is 2.79 bits per heavy atom. The molecule has 1 aromatic rings. The minimum Gasteiger partial charge on any atom is -0.481 e. The van der Waals surface area contributed by atoms with Gasteiger partial charge in [0.1, 0.15) is 0 Å². The van der Waals surface area contributed by atoms with E-state index < -0.39 is 0 Å². The summed E-state index contributed by atoms with van der Waals surface area (Å²) in [7, 11) is 1.64. The Labute approximate surface area is 115 Å². The smallest absolute Gasteiger partial charge is 0.228 e. The summed E-state index contributed by atoms with van der Waals surface area (Å²) in [6, 6.07) is 2.17. The SMILES string of the molecule is COc1ccnc(N(CC2CCNCC2)C(C)C)n1. The number of piperidine rings is 1. The van der Waals surface area contributed by atoms with Gasteiger partial charge >= 0.3 is 0 Å². The summed E-state index contributed by atoms with van der Waals surface area (Å²) >= 11 is 0. The topological polar surface area (TPSA) is 50.3 Å². The Morgan fingerprint density at radius 2 is 2.16 bits per heavy atom. The zero-order valence-electron chi connectivity index (χ0n) is 12.1. The molecule has 0 bridgehead atoms. The molecule has 0 spiro atoms. The van der Waals surface area contributed by atoms with Crippen molar-refractivity contribution in [2.75, 3.05) is 31.6 Å². The lowest BCUT2D eigenvalue weighted by Crippen LogP contribution is -2.40. The van der Waals surface area contributed by atoms with Crippen LogP contribution in [0.3, 0.4) is 0 Å². The van der Waals surface area contributed by atoms with E-state index in [1.54, 1.807) is 19.4 Å². The Hall–Kier alpha value is -1.36. The van der Waals surface area contributed by atoms with E-state index in [0.29, 0.717) is 11.9 Å². The fourth-order valence-corrected chi connectivity index (χ4v) is 2.45. The van der Waals surface area contributed by atoms with Gasteiger partial charge in [0.25, 0.3) is 0 Å². The van der Waals surface area contributed by atoms with Crippen LogP contribution in [0.1, 0.15) is 26.7 Å². The van der Waals surface area contributed by atoms with E-state index in [-0.39, 0.29) is 0 Å². The molecule has 0 saturated carbocycles. The second-order valence-corrected chi connectivity index (χ2v) is 5.34. The van der Waals surface area contributed by atoms with Gasteiger partial charge in [-0.2, -0.15) is 4.98 Å². The third-order valence-electron chi connectivity index (χ3n) is 3.62. The predicted octanol–water partition coefficient (Wildman–Crippen LogP) is 1.70. The van der Waals surface area contributed by atoms with E-state index in [4.69, 9.17) is 4.74 Å². The fourth-order valence-electron chi connectivity index (χ4n) is 2.45. The van der Waals surface area contributed by atoms with Gasteiger partial charge in [-0.3, -0.25) is 0 Å². The maximum Gasteiger partial charge on any atom is 0.228 e. The van der Waals surface area contributed by atoms with Crippen molar-refractivity contribution in [1.29, 1.82) is 0 Å². The first kappa shape index (κ1) is 14.1. The minimum absolute atomic E-state index is 0.391. The molecular formula is C14H24N4O. The third-order valence-corrected chi connectivity index (χ3v) is 3.62. The lowest BCUT2D eigenvalue weighted by atomic mass is 9.97. The Bertz CT molecular complexity index is 391. The first-order chi connectivity index (χ1) is 9.20. The summed E-state index contributed by atoms with van der Waals surface area (Å²) in [6.07, 6.45) is 4.22. The summed E-state index contributed by atoms with van der Waals surface area (Å²) in [5, 5.41) is 3.41. The van der Waals surface area contributed by atoms with Gasteiger partial charge in [0.2, 0.25) is 11.8 Å². The zero-order valence-corrected chi connectivity index (χ0v) is 12.1. The van der Waals surface area contributed by atoms with Crippen LogP contribution in [0.4, 0.5) is 5.95 Å². The lowest BCUT2D eigenvalue weighted by molar-refractivity contribution is 0.363. The van der Waals surface area contributed by atoms with Crippen LogP contribution in [0.2, 0.25) is 0 Å². The molecular weight excluding hydrogens is 240 g/mol. The summed E-state index contributed by atoms with van der Waals surface area (Å²) in [6.45, 7) is 7.63. The molecule has 0 amide bonds. The molecule has 1 aliphatic heterocycles. The number of anilines is 1. The van der Waals surface area contributed by atoms with E-state index in [9.17, 15) is 0 Å². The molecule has 1 N–H and O–H groups in total. The van der Waals surface area contributed by atoms with Crippen LogP contribution >= 0.6 is 0 Å². The first-order valence-electron chi connectivity index (χ1n) is 7.05. The Kier molecular flexibility index (Phi) is 4.96. The molecule has 5 nitrogen and oxygen atoms in total. The van der Waals surface area contributed by atoms with Gasteiger partial charge in [-0.15, -0.1) is 0 Å². The van der Waals surface area contributed by atoms with Crippen LogP contribution in [-0.2, 0) is 0 Å². The molecule has 0 radical (unpaired) electrons. The van der Waals surface area contributed by atoms with Gasteiger partial charge in [-0.1, -0.05) is 0 Å². The van der Waals surface area contributed by atoms with Crippen molar-refractivity contribution < 1.29 is 4.74 Å². The van der Waals surface area contributed by atoms with Crippen molar-refractivity contribution in [2.24, 2.45) is 5.92 Å². The molecule has 5 heteroatoms. The number of nitrogens with zero attached hydrogens (tertiary/aromatic N) is 3. The molecule has 0 atom stereocenters. The summed E-state index contributed by atoms with van der Waals surface area (Å²) in [4.78, 5) is 11.1. The summed E-state index contributed by atoms with van der Waals surface area (Å²) in [5.74, 6) is 2.12. The number of aromatic nitrogens is 2. The fraction of sp³-hybridized carbons (Fsp3) is 0.714. The summed E-state index contributed by atoms with van der Waals surface area (Å²) < 4.78 is 5.19. The number of ether oxygens (including phenoxy) is 1. The highest BCUT2D eigenvalue weighted by Crippen LogP contribution is 2.20. The molecule has 0 aromatic carbocycles. The largest absolute Gasteiger partial charge is 0.481 e. The molecule has 1 aliphatic rings. The molecule has 2 heterocycles. The standard InChI is InChI=1S/C14H24N4O/c1-11(2)18(10-12-4-7-15-8-5-12)14-16-9-6-13(17-14)19-3/h6,9,11-12,15H,4-5,7-8,10H2,1-3H3. The number of hydrogen-bond acceptors (Lipinski definition) is 5. The lowest BCUT2D eigenvalue weighted by Gasteiger charge is -2.32. The van der Waals surface area contributed by atoms with Gasteiger partial charge in [-0.25, -0.2) is 4.98 Å². The molecule has 0 aliphatic carbocycles. The van der Waals surface area contributed by atoms with Crippen LogP contribution in [0.25, 0.3) is 0 Å². The second kappa shape index (κ2) is 6.70. The second-order valence-electron chi connectivity index (χ2n) is 5.34. The van der Waals surface area contributed by atoms with Crippen LogP contribution in [-0.4, -0.2) is 42.8 Å². The predicted molar refractivity (Wildman–Crippen MR) is 76.7 cm³/mol. The molecule has 1 saturated heterocycles. The van der Waals surface area contributed by atoms with Gasteiger partial charge in [-0.05, 0) is 45.7 Å². The van der Waals surface area contributed by atoms with Crippen molar-refractivity contribution in [2.45, 2.75) is 32.7 Å². The number of nitrogens with one attached hydrogen (secondary N) is 1. The number of hydrogen-bond donors (Lipinski definition) is 1. The molecule has 2 rings (SSSR count). The maximum absolute atomic E-state index is 5.19. The molecule has 19 heavy (non-hydrogen) atoms. The number of methoxy groups -OCH3 is 1. The van der Waals surface area contributed by atoms with Gasteiger partial charge in [0.05, 0.1) is 7.11 Å². The minimum atomic E-state index is 0.391. The van der Waals surface area contributed by atoms with E-state index in [0.717, 1.165) is 31.5 Å². The summed E-state index contributed by atoms with van der Waals surface area (Å²) in [5.41, 5.74) is 0. The first-order valence-corrected chi connectivity index (χ1v) is 7.05. The van der Waals surface area contributed by atoms with Crippen molar-refractivity contribution >= 4 is 5.95 Å². The molecule has 1 aromatic heterocycles. The van der Waals surface area contributed by atoms with Crippen molar-refractivity contribution in [3.05, 3.63) is 12.3 Å². The average Bonchev–Trinajstić information content (AvgIpc) is 2.45. The van der Waals surface area contributed by atoms with Gasteiger partial charge < -0.3 is 15.0 Å².